The molecule has 25 heavy (non-hydrogen) atoms. The molecular weight excluding hydrogens is 326 g/mol. The highest BCUT2D eigenvalue weighted by molar-refractivity contribution is 6.11. The number of aromatic nitrogens is 1. The van der Waals surface area contributed by atoms with Crippen LogP contribution in [0.2, 0.25) is 0 Å². The first-order valence-electron chi connectivity index (χ1n) is 7.49. The number of carbonyl (C=O) groups excluding carboxylic acids is 1. The number of rotatable bonds is 5. The molecule has 0 aliphatic carbocycles. The van der Waals surface area contributed by atoms with Gasteiger partial charge in [-0.1, -0.05) is 5.16 Å². The minimum Gasteiger partial charge on any atom is -0.506 e. The molecule has 0 bridgehead atoms. The van der Waals surface area contributed by atoms with Crippen LogP contribution in [0.25, 0.3) is 5.76 Å². The number of aryl methyl sites for hydroxylation is 1. The number of carbonyl (C=O) groups is 1. The quantitative estimate of drug-likeness (QED) is 0.486. The standard InChI is InChI=1S/C17H15N3O5/c1-10-15(7-19-25-10)16(21)14(6-18)17(22)20-11-2-4-12(5-3-11)24-13-8-23-9-13/h2-5,7,13,21H,8-9H2,1H3,(H,20,22)/b16-14-. The molecule has 1 aliphatic heterocycles. The van der Waals surface area contributed by atoms with Gasteiger partial charge in [0.15, 0.2) is 11.3 Å². The largest absolute Gasteiger partial charge is 0.506 e. The van der Waals surface area contributed by atoms with Gasteiger partial charge in [0, 0.05) is 5.69 Å². The fraction of sp³-hybridized carbons (Fsp3) is 0.235. The van der Waals surface area contributed by atoms with E-state index in [1.165, 1.54) is 6.20 Å². The average Bonchev–Trinajstić information content (AvgIpc) is 2.99. The summed E-state index contributed by atoms with van der Waals surface area (Å²) in [5.74, 6) is -0.254. The third kappa shape index (κ3) is 3.62. The van der Waals surface area contributed by atoms with Crippen molar-refractivity contribution in [2.75, 3.05) is 18.5 Å². The first-order valence-corrected chi connectivity index (χ1v) is 7.49. The molecule has 1 aromatic heterocycles. The van der Waals surface area contributed by atoms with Crippen LogP contribution in [-0.2, 0) is 9.53 Å². The fourth-order valence-corrected chi connectivity index (χ4v) is 2.16. The molecule has 0 spiro atoms. The van der Waals surface area contributed by atoms with Gasteiger partial charge < -0.3 is 24.4 Å². The van der Waals surface area contributed by atoms with Crippen molar-refractivity contribution >= 4 is 17.4 Å². The van der Waals surface area contributed by atoms with E-state index < -0.39 is 17.2 Å². The van der Waals surface area contributed by atoms with E-state index in [1.54, 1.807) is 37.3 Å². The summed E-state index contributed by atoms with van der Waals surface area (Å²) in [6.45, 7) is 2.70. The Labute approximate surface area is 143 Å². The lowest BCUT2D eigenvalue weighted by Gasteiger charge is -2.26. The summed E-state index contributed by atoms with van der Waals surface area (Å²) in [6, 6.07) is 8.39. The molecule has 0 unspecified atom stereocenters. The Bertz CT molecular complexity index is 844. The number of ether oxygens (including phenoxy) is 2. The lowest BCUT2D eigenvalue weighted by atomic mass is 10.1. The van der Waals surface area contributed by atoms with E-state index in [2.05, 4.69) is 10.5 Å². The molecule has 2 heterocycles. The van der Waals surface area contributed by atoms with E-state index in [0.29, 0.717) is 30.4 Å². The maximum absolute atomic E-state index is 12.3. The first kappa shape index (κ1) is 16.5. The topological polar surface area (TPSA) is 118 Å². The van der Waals surface area contributed by atoms with E-state index in [-0.39, 0.29) is 11.7 Å². The van der Waals surface area contributed by atoms with Crippen molar-refractivity contribution < 1.29 is 23.9 Å². The fourth-order valence-electron chi connectivity index (χ4n) is 2.16. The molecule has 1 saturated heterocycles. The summed E-state index contributed by atoms with van der Waals surface area (Å²) in [6.07, 6.45) is 1.29. The smallest absolute Gasteiger partial charge is 0.270 e. The normalized spacial score (nSPS) is 14.9. The maximum atomic E-state index is 12.3. The number of nitrogens with zero attached hydrogens (tertiary/aromatic N) is 2. The molecule has 0 radical (unpaired) electrons. The molecule has 0 saturated carbocycles. The van der Waals surface area contributed by atoms with Gasteiger partial charge in [-0.25, -0.2) is 0 Å². The van der Waals surface area contributed by atoms with Crippen LogP contribution in [0.15, 0.2) is 40.6 Å². The van der Waals surface area contributed by atoms with Crippen LogP contribution >= 0.6 is 0 Å². The maximum Gasteiger partial charge on any atom is 0.270 e. The van der Waals surface area contributed by atoms with Crippen molar-refractivity contribution in [3.8, 4) is 11.8 Å². The molecule has 8 heteroatoms. The van der Waals surface area contributed by atoms with Gasteiger partial charge in [0.1, 0.15) is 23.7 Å². The number of amides is 1. The number of nitriles is 1. The summed E-state index contributed by atoms with van der Waals surface area (Å²) in [5.41, 5.74) is 0.223. The third-order valence-corrected chi connectivity index (χ3v) is 3.60. The number of hydrogen-bond acceptors (Lipinski definition) is 7. The number of hydrogen-bond donors (Lipinski definition) is 2. The molecule has 2 aromatic rings. The van der Waals surface area contributed by atoms with Crippen LogP contribution in [0.5, 0.6) is 5.75 Å². The van der Waals surface area contributed by atoms with Gasteiger partial charge in [-0.3, -0.25) is 4.79 Å². The Kier molecular flexibility index (Phi) is 4.68. The average molecular weight is 341 g/mol. The minimum absolute atomic E-state index is 0.0531. The van der Waals surface area contributed by atoms with Crippen molar-refractivity contribution in [1.82, 2.24) is 5.16 Å². The number of anilines is 1. The van der Waals surface area contributed by atoms with E-state index in [9.17, 15) is 15.2 Å². The highest BCUT2D eigenvalue weighted by Crippen LogP contribution is 2.22. The van der Waals surface area contributed by atoms with Gasteiger partial charge in [-0.15, -0.1) is 0 Å². The number of nitrogens with one attached hydrogen (secondary N) is 1. The van der Waals surface area contributed by atoms with Gasteiger partial charge in [-0.05, 0) is 31.2 Å². The predicted molar refractivity (Wildman–Crippen MR) is 86.7 cm³/mol. The van der Waals surface area contributed by atoms with Crippen molar-refractivity contribution in [1.29, 1.82) is 5.26 Å². The van der Waals surface area contributed by atoms with E-state index >= 15 is 0 Å². The zero-order valence-electron chi connectivity index (χ0n) is 13.4. The predicted octanol–water partition coefficient (Wildman–Crippen LogP) is 2.19. The molecular formula is C17H15N3O5. The summed E-state index contributed by atoms with van der Waals surface area (Å²) >= 11 is 0. The van der Waals surface area contributed by atoms with Crippen LogP contribution < -0.4 is 10.1 Å². The second kappa shape index (κ2) is 7.07. The van der Waals surface area contributed by atoms with Crippen LogP contribution in [0.3, 0.4) is 0 Å². The van der Waals surface area contributed by atoms with Crippen molar-refractivity contribution in [3.63, 3.8) is 0 Å². The molecule has 8 nitrogen and oxygen atoms in total. The van der Waals surface area contributed by atoms with E-state index in [1.807, 2.05) is 0 Å². The second-order valence-electron chi connectivity index (χ2n) is 5.39. The Morgan fingerprint density at radius 2 is 2.12 bits per heavy atom. The zero-order chi connectivity index (χ0) is 17.8. The van der Waals surface area contributed by atoms with Crippen LogP contribution in [0.4, 0.5) is 5.69 Å². The van der Waals surface area contributed by atoms with Crippen molar-refractivity contribution in [3.05, 3.63) is 47.4 Å². The van der Waals surface area contributed by atoms with Gasteiger partial charge in [0.25, 0.3) is 5.91 Å². The Morgan fingerprint density at radius 1 is 1.40 bits per heavy atom. The Morgan fingerprint density at radius 3 is 2.64 bits per heavy atom. The van der Waals surface area contributed by atoms with Gasteiger partial charge in [0.2, 0.25) is 0 Å². The van der Waals surface area contributed by atoms with E-state index in [4.69, 9.17) is 14.0 Å². The van der Waals surface area contributed by atoms with Gasteiger partial charge in [-0.2, -0.15) is 5.26 Å². The molecule has 128 valence electrons. The van der Waals surface area contributed by atoms with E-state index in [0.717, 1.165) is 0 Å². The van der Waals surface area contributed by atoms with Crippen molar-refractivity contribution in [2.24, 2.45) is 0 Å². The molecule has 1 aliphatic rings. The van der Waals surface area contributed by atoms with Crippen LogP contribution in [0, 0.1) is 18.3 Å². The number of aliphatic hydroxyl groups is 1. The van der Waals surface area contributed by atoms with Gasteiger partial charge in [0.05, 0.1) is 25.0 Å². The molecule has 3 rings (SSSR count). The van der Waals surface area contributed by atoms with Crippen LogP contribution in [-0.4, -0.2) is 35.5 Å². The minimum atomic E-state index is -0.735. The zero-order valence-corrected chi connectivity index (χ0v) is 13.4. The molecule has 1 fully saturated rings. The highest BCUT2D eigenvalue weighted by atomic mass is 16.6. The second-order valence-corrected chi connectivity index (χ2v) is 5.39. The monoisotopic (exact) mass is 341 g/mol. The Hall–Kier alpha value is -3.31. The molecule has 0 atom stereocenters. The highest BCUT2D eigenvalue weighted by Gasteiger charge is 2.21. The summed E-state index contributed by atoms with van der Waals surface area (Å²) < 4.78 is 15.5. The summed E-state index contributed by atoms with van der Waals surface area (Å²) in [7, 11) is 0. The van der Waals surface area contributed by atoms with Crippen molar-refractivity contribution in [2.45, 2.75) is 13.0 Å². The number of aliphatic hydroxyl groups excluding tert-OH is 1. The Balaban J connectivity index is 1.72. The lowest BCUT2D eigenvalue weighted by Crippen LogP contribution is -2.38. The summed E-state index contributed by atoms with van der Waals surface area (Å²) in [5, 5.41) is 25.4. The lowest BCUT2D eigenvalue weighted by molar-refractivity contribution is -0.112. The molecule has 1 aromatic carbocycles. The first-order chi connectivity index (χ1) is 12.1. The number of benzene rings is 1. The SMILES string of the molecule is Cc1oncc1/C(O)=C(\C#N)C(=O)Nc1ccc(OC2COC2)cc1. The molecule has 1 amide bonds. The molecule has 2 N–H and O–H groups in total. The van der Waals surface area contributed by atoms with Crippen LogP contribution in [0.1, 0.15) is 11.3 Å². The summed E-state index contributed by atoms with van der Waals surface area (Å²) in [4.78, 5) is 12.3. The van der Waals surface area contributed by atoms with Gasteiger partial charge >= 0.3 is 0 Å². The third-order valence-electron chi connectivity index (χ3n) is 3.60.